The van der Waals surface area contributed by atoms with Crippen molar-refractivity contribution < 1.29 is 9.72 Å². The van der Waals surface area contributed by atoms with Crippen molar-refractivity contribution in [2.75, 3.05) is 0 Å². The van der Waals surface area contributed by atoms with Gasteiger partial charge in [0.25, 0.3) is 11.6 Å². The number of rotatable bonds is 5. The average Bonchev–Trinajstić information content (AvgIpc) is 3.14. The molecule has 0 saturated carbocycles. The highest BCUT2D eigenvalue weighted by Gasteiger charge is 2.19. The fourth-order valence-electron chi connectivity index (χ4n) is 3.50. The van der Waals surface area contributed by atoms with E-state index >= 15 is 0 Å². The molecule has 9 heteroatoms. The van der Waals surface area contributed by atoms with E-state index in [1.807, 2.05) is 12.1 Å². The van der Waals surface area contributed by atoms with Crippen molar-refractivity contribution in [2.24, 2.45) is 0 Å². The number of nitrogens with one attached hydrogen (secondary N) is 1. The summed E-state index contributed by atoms with van der Waals surface area (Å²) in [7, 11) is 0. The third kappa shape index (κ3) is 4.70. The SMILES string of the molecule is CC(C)(C)c1ccc(-c2nc3ccc(Cl)nn3c2CNC(=O)c2cccc([N+](=O)[O-])c2)cc1. The molecular formula is C24H22ClN5O3. The molecule has 2 heterocycles. The zero-order chi connectivity index (χ0) is 23.8. The average molecular weight is 464 g/mol. The van der Waals surface area contributed by atoms with Gasteiger partial charge >= 0.3 is 0 Å². The summed E-state index contributed by atoms with van der Waals surface area (Å²) >= 11 is 6.11. The van der Waals surface area contributed by atoms with Gasteiger partial charge in [-0.1, -0.05) is 62.7 Å². The topological polar surface area (TPSA) is 102 Å². The number of nitro benzene ring substituents is 1. The third-order valence-corrected chi connectivity index (χ3v) is 5.50. The van der Waals surface area contributed by atoms with Crippen molar-refractivity contribution in [3.63, 3.8) is 0 Å². The second kappa shape index (κ2) is 8.63. The van der Waals surface area contributed by atoms with Crippen molar-refractivity contribution in [2.45, 2.75) is 32.7 Å². The zero-order valence-corrected chi connectivity index (χ0v) is 19.1. The normalized spacial score (nSPS) is 11.5. The molecule has 0 spiro atoms. The van der Waals surface area contributed by atoms with Crippen LogP contribution in [0.2, 0.25) is 5.15 Å². The molecule has 4 aromatic rings. The lowest BCUT2D eigenvalue weighted by atomic mass is 9.86. The number of fused-ring (bicyclic) bond motifs is 1. The maximum absolute atomic E-state index is 12.7. The number of hydrogen-bond acceptors (Lipinski definition) is 5. The Bertz CT molecular complexity index is 1360. The lowest BCUT2D eigenvalue weighted by Crippen LogP contribution is -2.24. The first kappa shape index (κ1) is 22.4. The zero-order valence-electron chi connectivity index (χ0n) is 18.4. The molecule has 0 aliphatic heterocycles. The fourth-order valence-corrected chi connectivity index (χ4v) is 3.64. The summed E-state index contributed by atoms with van der Waals surface area (Å²) < 4.78 is 1.60. The van der Waals surface area contributed by atoms with Crippen molar-refractivity contribution in [3.05, 3.63) is 92.8 Å². The van der Waals surface area contributed by atoms with E-state index in [9.17, 15) is 14.9 Å². The molecule has 0 bridgehead atoms. The first-order valence-electron chi connectivity index (χ1n) is 10.3. The number of nitrogens with zero attached hydrogens (tertiary/aromatic N) is 4. The molecule has 0 aliphatic rings. The lowest BCUT2D eigenvalue weighted by molar-refractivity contribution is -0.384. The van der Waals surface area contributed by atoms with Gasteiger partial charge in [0, 0.05) is 23.3 Å². The number of amides is 1. The van der Waals surface area contributed by atoms with Gasteiger partial charge in [0.1, 0.15) is 5.15 Å². The highest BCUT2D eigenvalue weighted by molar-refractivity contribution is 6.29. The number of carbonyl (C=O) groups is 1. The van der Waals surface area contributed by atoms with E-state index < -0.39 is 10.8 Å². The van der Waals surface area contributed by atoms with Gasteiger partial charge in [-0.2, -0.15) is 5.10 Å². The van der Waals surface area contributed by atoms with E-state index in [0.29, 0.717) is 22.2 Å². The number of hydrogen-bond donors (Lipinski definition) is 1. The summed E-state index contributed by atoms with van der Waals surface area (Å²) in [6.45, 7) is 6.54. The van der Waals surface area contributed by atoms with Crippen LogP contribution in [0.4, 0.5) is 5.69 Å². The Morgan fingerprint density at radius 3 is 2.52 bits per heavy atom. The summed E-state index contributed by atoms with van der Waals surface area (Å²) in [6, 6.07) is 17.1. The van der Waals surface area contributed by atoms with E-state index in [0.717, 1.165) is 5.56 Å². The molecule has 2 aromatic heterocycles. The van der Waals surface area contributed by atoms with Gasteiger partial charge in [-0.3, -0.25) is 14.9 Å². The monoisotopic (exact) mass is 463 g/mol. The minimum absolute atomic E-state index is 0.0155. The largest absolute Gasteiger partial charge is 0.346 e. The fraction of sp³-hybridized carbons (Fsp3) is 0.208. The van der Waals surface area contributed by atoms with Gasteiger partial charge in [0.05, 0.1) is 22.9 Å². The summed E-state index contributed by atoms with van der Waals surface area (Å²) in [6.07, 6.45) is 0. The molecule has 2 aromatic carbocycles. The Labute approximate surface area is 195 Å². The van der Waals surface area contributed by atoms with Gasteiger partial charge in [-0.05, 0) is 29.2 Å². The van der Waals surface area contributed by atoms with E-state index in [2.05, 4.69) is 43.3 Å². The predicted octanol–water partition coefficient (Wildman–Crippen LogP) is 5.19. The van der Waals surface area contributed by atoms with E-state index in [-0.39, 0.29) is 23.2 Å². The molecule has 0 radical (unpaired) electrons. The summed E-state index contributed by atoms with van der Waals surface area (Å²) in [5.74, 6) is -0.440. The number of benzene rings is 2. The van der Waals surface area contributed by atoms with E-state index in [1.165, 1.54) is 29.8 Å². The van der Waals surface area contributed by atoms with Crippen molar-refractivity contribution in [3.8, 4) is 11.3 Å². The Morgan fingerprint density at radius 1 is 1.12 bits per heavy atom. The van der Waals surface area contributed by atoms with Crippen LogP contribution in [0.25, 0.3) is 16.9 Å². The number of carbonyl (C=O) groups excluding carboxylic acids is 1. The van der Waals surface area contributed by atoms with Gasteiger partial charge in [0.15, 0.2) is 5.65 Å². The van der Waals surface area contributed by atoms with E-state index in [4.69, 9.17) is 16.6 Å². The maximum atomic E-state index is 12.7. The molecule has 168 valence electrons. The molecule has 0 unspecified atom stereocenters. The number of aromatic nitrogens is 3. The van der Waals surface area contributed by atoms with Crippen LogP contribution in [-0.2, 0) is 12.0 Å². The molecule has 0 aliphatic carbocycles. The molecule has 4 rings (SSSR count). The van der Waals surface area contributed by atoms with Crippen molar-refractivity contribution >= 4 is 28.8 Å². The number of non-ortho nitro benzene ring substituents is 1. The van der Waals surface area contributed by atoms with Crippen molar-refractivity contribution in [1.82, 2.24) is 19.9 Å². The van der Waals surface area contributed by atoms with Crippen LogP contribution in [-0.4, -0.2) is 25.4 Å². The highest BCUT2D eigenvalue weighted by Crippen LogP contribution is 2.28. The third-order valence-electron chi connectivity index (χ3n) is 5.30. The second-order valence-electron chi connectivity index (χ2n) is 8.65. The molecule has 0 atom stereocenters. The summed E-state index contributed by atoms with van der Waals surface area (Å²) in [4.78, 5) is 27.9. The van der Waals surface area contributed by atoms with Gasteiger partial charge < -0.3 is 5.32 Å². The van der Waals surface area contributed by atoms with Gasteiger partial charge in [0.2, 0.25) is 0 Å². The first-order chi connectivity index (χ1) is 15.6. The minimum atomic E-state index is -0.535. The number of nitro groups is 1. The van der Waals surface area contributed by atoms with Gasteiger partial charge in [-0.15, -0.1) is 0 Å². The van der Waals surface area contributed by atoms with Crippen LogP contribution < -0.4 is 5.32 Å². The van der Waals surface area contributed by atoms with Crippen LogP contribution in [0.15, 0.2) is 60.7 Å². The van der Waals surface area contributed by atoms with Crippen LogP contribution in [0.1, 0.15) is 42.4 Å². The molecular weight excluding hydrogens is 442 g/mol. The Balaban J connectivity index is 1.69. The van der Waals surface area contributed by atoms with Crippen LogP contribution in [0, 0.1) is 10.1 Å². The summed E-state index contributed by atoms with van der Waals surface area (Å²) in [5, 5.41) is 18.5. The van der Waals surface area contributed by atoms with Crippen LogP contribution >= 0.6 is 11.6 Å². The van der Waals surface area contributed by atoms with Crippen LogP contribution in [0.5, 0.6) is 0 Å². The standard InChI is InChI=1S/C24H22ClN5O3/c1-24(2,3)17-9-7-15(8-10-17)22-19(29-21(27-22)12-11-20(25)28-29)14-26-23(31)16-5-4-6-18(13-16)30(32)33/h4-13H,14H2,1-3H3,(H,26,31). The summed E-state index contributed by atoms with van der Waals surface area (Å²) in [5.41, 5.74) is 4.04. The smallest absolute Gasteiger partial charge is 0.270 e. The molecule has 1 N–H and O–H groups in total. The quantitative estimate of drug-likeness (QED) is 0.324. The Kier molecular flexibility index (Phi) is 5.86. The molecule has 0 fully saturated rings. The predicted molar refractivity (Wildman–Crippen MR) is 126 cm³/mol. The number of imidazole rings is 1. The second-order valence-corrected chi connectivity index (χ2v) is 9.04. The van der Waals surface area contributed by atoms with Gasteiger partial charge in [-0.25, -0.2) is 9.50 Å². The Hall–Kier alpha value is -3.78. The molecule has 1 amide bonds. The molecule has 0 saturated heterocycles. The van der Waals surface area contributed by atoms with E-state index in [1.54, 1.807) is 16.6 Å². The number of halogens is 1. The lowest BCUT2D eigenvalue weighted by Gasteiger charge is -2.19. The Morgan fingerprint density at radius 2 is 1.85 bits per heavy atom. The molecule has 8 nitrogen and oxygen atoms in total. The maximum Gasteiger partial charge on any atom is 0.270 e. The minimum Gasteiger partial charge on any atom is -0.346 e. The highest BCUT2D eigenvalue weighted by atomic mass is 35.5. The van der Waals surface area contributed by atoms with Crippen LogP contribution in [0.3, 0.4) is 0 Å². The molecule has 33 heavy (non-hydrogen) atoms. The first-order valence-corrected chi connectivity index (χ1v) is 10.7. The van der Waals surface area contributed by atoms with Crippen molar-refractivity contribution in [1.29, 1.82) is 0 Å².